The van der Waals surface area contributed by atoms with Crippen LogP contribution in [-0.2, 0) is 18.4 Å². The summed E-state index contributed by atoms with van der Waals surface area (Å²) < 4.78 is 23.3. The van der Waals surface area contributed by atoms with E-state index in [-0.39, 0.29) is 19.1 Å². The van der Waals surface area contributed by atoms with Crippen LogP contribution in [0.25, 0.3) is 0 Å². The minimum Gasteiger partial charge on any atom is -0.387 e. The zero-order chi connectivity index (χ0) is 35.1. The molecule has 0 heterocycles. The van der Waals surface area contributed by atoms with Gasteiger partial charge in [0.25, 0.3) is 0 Å². The van der Waals surface area contributed by atoms with E-state index in [1.165, 1.54) is 89.9 Å². The maximum absolute atomic E-state index is 12.6. The topological polar surface area (TPSA) is 105 Å². The van der Waals surface area contributed by atoms with Crippen molar-refractivity contribution in [2.45, 2.75) is 174 Å². The summed E-state index contributed by atoms with van der Waals surface area (Å²) >= 11 is 0. The van der Waals surface area contributed by atoms with Crippen molar-refractivity contribution in [1.82, 2.24) is 5.32 Å². The minimum absolute atomic E-state index is 0.0570. The molecule has 0 spiro atoms. The van der Waals surface area contributed by atoms with Crippen LogP contribution in [0.5, 0.6) is 0 Å². The number of quaternary nitrogens is 1. The van der Waals surface area contributed by atoms with Crippen LogP contribution in [-0.4, -0.2) is 73.4 Å². The van der Waals surface area contributed by atoms with Gasteiger partial charge in [-0.1, -0.05) is 147 Å². The highest BCUT2D eigenvalue weighted by Crippen LogP contribution is 2.43. The molecule has 3 atom stereocenters. The zero-order valence-electron chi connectivity index (χ0n) is 31.3. The van der Waals surface area contributed by atoms with Gasteiger partial charge in [0.05, 0.1) is 39.9 Å². The normalized spacial score (nSPS) is 15.0. The lowest BCUT2D eigenvalue weighted by molar-refractivity contribution is -0.870. The summed E-state index contributed by atoms with van der Waals surface area (Å²) in [4.78, 5) is 22.7. The lowest BCUT2D eigenvalue weighted by Crippen LogP contribution is -2.45. The van der Waals surface area contributed by atoms with Gasteiger partial charge < -0.3 is 19.8 Å². The number of amides is 1. The molecule has 0 aliphatic rings. The number of carbonyl (C=O) groups is 1. The van der Waals surface area contributed by atoms with Gasteiger partial charge in [0.1, 0.15) is 13.2 Å². The van der Waals surface area contributed by atoms with E-state index in [1.807, 2.05) is 27.2 Å². The molecular formula is C38H76N2O6P+. The molecule has 278 valence electrons. The third kappa shape index (κ3) is 33.3. The van der Waals surface area contributed by atoms with E-state index < -0.39 is 20.0 Å². The maximum atomic E-state index is 12.6. The van der Waals surface area contributed by atoms with E-state index in [1.54, 1.807) is 6.08 Å². The molecule has 0 aromatic heterocycles. The molecule has 1 amide bonds. The fraction of sp³-hybridized carbons (Fsp3) is 0.868. The Morgan fingerprint density at radius 3 is 1.70 bits per heavy atom. The third-order valence-corrected chi connectivity index (χ3v) is 9.41. The van der Waals surface area contributed by atoms with Crippen LogP contribution >= 0.6 is 7.82 Å². The number of nitrogens with one attached hydrogen (secondary N) is 1. The van der Waals surface area contributed by atoms with E-state index >= 15 is 0 Å². The number of allylic oxidation sites excluding steroid dienone is 3. The molecule has 0 saturated carbocycles. The monoisotopic (exact) mass is 688 g/mol. The first-order chi connectivity index (χ1) is 22.5. The van der Waals surface area contributed by atoms with Gasteiger partial charge >= 0.3 is 7.82 Å². The Morgan fingerprint density at radius 1 is 0.702 bits per heavy atom. The van der Waals surface area contributed by atoms with Crippen LogP contribution in [0.4, 0.5) is 0 Å². The van der Waals surface area contributed by atoms with Gasteiger partial charge in [-0.05, 0) is 32.1 Å². The standard InChI is InChI=1S/C38H75N2O6P/c1-6-8-10-12-13-14-15-16-17-18-19-20-21-22-23-24-25-26-28-29-31-37(41)36(39-38(42)32-30-27-11-9-7-2)35-46-47(43,44)45-34-33-40(3,4)5/h24-25,29,31,36-37,41H,6-23,26-28,30,32-35H2,1-5H3,(H-,39,42,43,44)/p+1/b25-24+,31-29+. The first-order valence-electron chi connectivity index (χ1n) is 19.2. The number of rotatable bonds is 34. The average molecular weight is 688 g/mol. The molecule has 0 rings (SSSR count). The maximum Gasteiger partial charge on any atom is 0.472 e. The van der Waals surface area contributed by atoms with Crippen molar-refractivity contribution < 1.29 is 32.9 Å². The molecule has 0 aromatic rings. The zero-order valence-corrected chi connectivity index (χ0v) is 32.2. The van der Waals surface area contributed by atoms with Gasteiger partial charge in [-0.3, -0.25) is 13.8 Å². The smallest absolute Gasteiger partial charge is 0.387 e. The summed E-state index contributed by atoms with van der Waals surface area (Å²) in [6.45, 7) is 4.68. The fourth-order valence-electron chi connectivity index (χ4n) is 5.29. The summed E-state index contributed by atoms with van der Waals surface area (Å²) in [6.07, 6.45) is 34.3. The third-order valence-electron chi connectivity index (χ3n) is 8.42. The number of carbonyl (C=O) groups excluding carboxylic acids is 1. The van der Waals surface area contributed by atoms with Gasteiger partial charge in [-0.25, -0.2) is 4.57 Å². The van der Waals surface area contributed by atoms with Crippen LogP contribution in [0, 0.1) is 0 Å². The van der Waals surface area contributed by atoms with E-state index in [4.69, 9.17) is 9.05 Å². The average Bonchev–Trinajstić information content (AvgIpc) is 3.01. The van der Waals surface area contributed by atoms with Crippen molar-refractivity contribution in [3.05, 3.63) is 24.3 Å². The Morgan fingerprint density at radius 2 is 1.17 bits per heavy atom. The number of nitrogens with zero attached hydrogens (tertiary/aromatic N) is 1. The molecule has 3 unspecified atom stereocenters. The highest BCUT2D eigenvalue weighted by molar-refractivity contribution is 7.47. The fourth-order valence-corrected chi connectivity index (χ4v) is 6.03. The molecule has 9 heteroatoms. The molecule has 0 bridgehead atoms. The second kappa shape index (κ2) is 31.0. The van der Waals surface area contributed by atoms with Gasteiger partial charge in [0.2, 0.25) is 5.91 Å². The number of unbranched alkanes of at least 4 members (excludes halogenated alkanes) is 19. The molecule has 0 aliphatic carbocycles. The summed E-state index contributed by atoms with van der Waals surface area (Å²) in [6, 6.07) is -0.854. The Balaban J connectivity index is 4.33. The molecule has 0 fully saturated rings. The van der Waals surface area contributed by atoms with Crippen LogP contribution in [0.1, 0.15) is 162 Å². The predicted molar refractivity (Wildman–Crippen MR) is 198 cm³/mol. The summed E-state index contributed by atoms with van der Waals surface area (Å²) in [5, 5.41) is 13.6. The number of aliphatic hydroxyl groups excluding tert-OH is 1. The first kappa shape index (κ1) is 46.0. The number of phosphoric acid groups is 1. The Hall–Kier alpha value is -1.02. The second-order valence-electron chi connectivity index (χ2n) is 14.3. The first-order valence-corrected chi connectivity index (χ1v) is 20.7. The van der Waals surface area contributed by atoms with Crippen molar-refractivity contribution in [3.8, 4) is 0 Å². The Kier molecular flexibility index (Phi) is 30.3. The van der Waals surface area contributed by atoms with Crippen LogP contribution in [0.2, 0.25) is 0 Å². The number of phosphoric ester groups is 1. The lowest BCUT2D eigenvalue weighted by Gasteiger charge is -2.25. The number of hydrogen-bond acceptors (Lipinski definition) is 5. The van der Waals surface area contributed by atoms with Gasteiger partial charge in [0, 0.05) is 6.42 Å². The molecule has 47 heavy (non-hydrogen) atoms. The van der Waals surface area contributed by atoms with Crippen molar-refractivity contribution in [2.24, 2.45) is 0 Å². The summed E-state index contributed by atoms with van der Waals surface area (Å²) in [5.41, 5.74) is 0. The molecule has 8 nitrogen and oxygen atoms in total. The SMILES string of the molecule is CCCCCCCCCCCCCCCC/C=C/CC/C=C/C(O)C(COP(=O)(O)OCC[N+](C)(C)C)NC(=O)CCCCCCC. The Bertz CT molecular complexity index is 829. The highest BCUT2D eigenvalue weighted by Gasteiger charge is 2.27. The number of aliphatic hydroxyl groups is 1. The number of likely N-dealkylation sites (N-methyl/N-ethyl adjacent to an activating group) is 1. The van der Waals surface area contributed by atoms with Crippen molar-refractivity contribution in [1.29, 1.82) is 0 Å². The highest BCUT2D eigenvalue weighted by atomic mass is 31.2. The second-order valence-corrected chi connectivity index (χ2v) is 15.8. The van der Waals surface area contributed by atoms with Crippen LogP contribution in [0.3, 0.4) is 0 Å². The largest absolute Gasteiger partial charge is 0.472 e. The van der Waals surface area contributed by atoms with E-state index in [2.05, 4.69) is 31.3 Å². The van der Waals surface area contributed by atoms with Gasteiger partial charge in [-0.2, -0.15) is 0 Å². The van der Waals surface area contributed by atoms with Crippen LogP contribution in [0.15, 0.2) is 24.3 Å². The molecule has 0 aromatic carbocycles. The minimum atomic E-state index is -4.32. The Labute approximate surface area is 290 Å². The molecule has 0 radical (unpaired) electrons. The van der Waals surface area contributed by atoms with E-state index in [0.29, 0.717) is 17.4 Å². The lowest BCUT2D eigenvalue weighted by atomic mass is 10.0. The van der Waals surface area contributed by atoms with Gasteiger partial charge in [-0.15, -0.1) is 0 Å². The van der Waals surface area contributed by atoms with E-state index in [9.17, 15) is 19.4 Å². The van der Waals surface area contributed by atoms with Crippen molar-refractivity contribution in [3.63, 3.8) is 0 Å². The van der Waals surface area contributed by atoms with Crippen molar-refractivity contribution >= 4 is 13.7 Å². The predicted octanol–water partition coefficient (Wildman–Crippen LogP) is 9.80. The summed E-state index contributed by atoms with van der Waals surface area (Å²) in [7, 11) is 1.55. The van der Waals surface area contributed by atoms with Crippen molar-refractivity contribution in [2.75, 3.05) is 40.9 Å². The van der Waals surface area contributed by atoms with E-state index in [0.717, 1.165) is 51.4 Å². The molecular weight excluding hydrogens is 611 g/mol. The van der Waals surface area contributed by atoms with Gasteiger partial charge in [0.15, 0.2) is 0 Å². The van der Waals surface area contributed by atoms with Crippen LogP contribution < -0.4 is 5.32 Å². The molecule has 0 saturated heterocycles. The molecule has 3 N–H and O–H groups in total. The summed E-state index contributed by atoms with van der Waals surface area (Å²) in [5.74, 6) is -0.201. The number of hydrogen-bond donors (Lipinski definition) is 3. The quantitative estimate of drug-likeness (QED) is 0.0269. The molecule has 0 aliphatic heterocycles.